The number of anilines is 1. The van der Waals surface area contributed by atoms with Gasteiger partial charge in [-0.3, -0.25) is 4.90 Å². The molecule has 2 aromatic heterocycles. The van der Waals surface area contributed by atoms with Gasteiger partial charge in [0.2, 0.25) is 0 Å². The third kappa shape index (κ3) is 3.84. The van der Waals surface area contributed by atoms with Crippen molar-refractivity contribution in [1.82, 2.24) is 25.1 Å². The summed E-state index contributed by atoms with van der Waals surface area (Å²) in [6, 6.07) is 24.9. The van der Waals surface area contributed by atoms with Crippen molar-refractivity contribution in [3.63, 3.8) is 0 Å². The highest BCUT2D eigenvalue weighted by molar-refractivity contribution is 5.46. The zero-order valence-electron chi connectivity index (χ0n) is 16.7. The summed E-state index contributed by atoms with van der Waals surface area (Å²) in [7, 11) is 0. The quantitative estimate of drug-likeness (QED) is 0.495. The summed E-state index contributed by atoms with van der Waals surface area (Å²) in [4.78, 5) is 4.91. The summed E-state index contributed by atoms with van der Waals surface area (Å²) < 4.78 is 7.37. The van der Waals surface area contributed by atoms with Gasteiger partial charge in [0, 0.05) is 31.9 Å². The second-order valence-electron chi connectivity index (χ2n) is 7.45. The maximum atomic E-state index is 5.52. The van der Waals surface area contributed by atoms with Crippen LogP contribution in [0.2, 0.25) is 0 Å². The molecule has 0 spiro atoms. The molecule has 1 saturated heterocycles. The minimum atomic E-state index is -0.00548. The number of piperazine rings is 1. The lowest BCUT2D eigenvalue weighted by Crippen LogP contribution is -2.48. The molecule has 7 heteroatoms. The van der Waals surface area contributed by atoms with Gasteiger partial charge in [-0.15, -0.1) is 5.10 Å². The smallest absolute Gasteiger partial charge is 0.173 e. The molecule has 0 aliphatic carbocycles. The minimum Gasteiger partial charge on any atom is -0.467 e. The van der Waals surface area contributed by atoms with Gasteiger partial charge < -0.3 is 9.32 Å². The Morgan fingerprint density at radius 3 is 2.27 bits per heavy atom. The van der Waals surface area contributed by atoms with Crippen LogP contribution in [-0.4, -0.2) is 51.3 Å². The Morgan fingerprint density at radius 1 is 0.833 bits per heavy atom. The van der Waals surface area contributed by atoms with E-state index in [1.54, 1.807) is 6.26 Å². The van der Waals surface area contributed by atoms with E-state index in [9.17, 15) is 0 Å². The summed E-state index contributed by atoms with van der Waals surface area (Å²) in [5, 5.41) is 12.7. The van der Waals surface area contributed by atoms with Gasteiger partial charge >= 0.3 is 0 Å². The molecule has 5 rings (SSSR count). The molecule has 30 heavy (non-hydrogen) atoms. The second kappa shape index (κ2) is 8.51. The number of rotatable bonds is 6. The fourth-order valence-electron chi connectivity index (χ4n) is 4.11. The van der Waals surface area contributed by atoms with E-state index in [-0.39, 0.29) is 6.04 Å². The van der Waals surface area contributed by atoms with E-state index in [1.165, 1.54) is 11.3 Å². The maximum Gasteiger partial charge on any atom is 0.173 e. The minimum absolute atomic E-state index is 0.00548. The maximum absolute atomic E-state index is 5.52. The van der Waals surface area contributed by atoms with E-state index >= 15 is 0 Å². The molecule has 1 atom stereocenters. The van der Waals surface area contributed by atoms with Crippen LogP contribution in [0, 0.1) is 0 Å². The second-order valence-corrected chi connectivity index (χ2v) is 7.45. The summed E-state index contributed by atoms with van der Waals surface area (Å²) in [6.45, 7) is 4.31. The summed E-state index contributed by atoms with van der Waals surface area (Å²) in [6.07, 6.45) is 1.68. The highest BCUT2D eigenvalue weighted by Crippen LogP contribution is 2.29. The number of aromatic nitrogens is 4. The van der Waals surface area contributed by atoms with Crippen molar-refractivity contribution in [1.29, 1.82) is 0 Å². The number of tetrazole rings is 1. The molecule has 4 aromatic rings. The van der Waals surface area contributed by atoms with Crippen molar-refractivity contribution in [3.05, 3.63) is 96.2 Å². The monoisotopic (exact) mass is 400 g/mol. The lowest BCUT2D eigenvalue weighted by atomic mass is 10.0. The summed E-state index contributed by atoms with van der Waals surface area (Å²) in [5.74, 6) is 1.68. The van der Waals surface area contributed by atoms with Crippen LogP contribution in [0.5, 0.6) is 0 Å². The SMILES string of the molecule is c1ccc([C@@H](c2nnnn2Cc2ccco2)N2CCN(c3ccccc3)CC2)cc1. The van der Waals surface area contributed by atoms with E-state index in [0.29, 0.717) is 6.54 Å². The molecule has 1 aliphatic rings. The average molecular weight is 400 g/mol. The molecule has 0 unspecified atom stereocenters. The number of nitrogens with zero attached hydrogens (tertiary/aromatic N) is 6. The van der Waals surface area contributed by atoms with Crippen LogP contribution in [0.25, 0.3) is 0 Å². The van der Waals surface area contributed by atoms with Gasteiger partial charge in [-0.25, -0.2) is 4.68 Å². The fourth-order valence-corrected chi connectivity index (χ4v) is 4.11. The molecule has 0 saturated carbocycles. The fraction of sp³-hybridized carbons (Fsp3) is 0.261. The van der Waals surface area contributed by atoms with E-state index in [2.05, 4.69) is 79.9 Å². The normalized spacial score (nSPS) is 15.9. The number of benzene rings is 2. The molecule has 152 valence electrons. The first-order valence-electron chi connectivity index (χ1n) is 10.3. The molecule has 0 amide bonds. The van der Waals surface area contributed by atoms with Crippen molar-refractivity contribution in [2.24, 2.45) is 0 Å². The lowest BCUT2D eigenvalue weighted by Gasteiger charge is -2.39. The number of furan rings is 1. The zero-order chi connectivity index (χ0) is 20.2. The van der Waals surface area contributed by atoms with Crippen molar-refractivity contribution >= 4 is 5.69 Å². The third-order valence-corrected chi connectivity index (χ3v) is 5.61. The van der Waals surface area contributed by atoms with Crippen LogP contribution in [-0.2, 0) is 6.54 Å². The first-order chi connectivity index (χ1) is 14.9. The van der Waals surface area contributed by atoms with Gasteiger partial charge in [-0.2, -0.15) is 0 Å². The molecule has 0 bridgehead atoms. The highest BCUT2D eigenvalue weighted by atomic mass is 16.3. The molecule has 1 fully saturated rings. The van der Waals surface area contributed by atoms with Gasteiger partial charge in [-0.05, 0) is 40.3 Å². The predicted octanol–water partition coefficient (Wildman–Crippen LogP) is 3.23. The van der Waals surface area contributed by atoms with Crippen LogP contribution in [0.1, 0.15) is 23.2 Å². The molecular weight excluding hydrogens is 376 g/mol. The Labute approximate surface area is 175 Å². The summed E-state index contributed by atoms with van der Waals surface area (Å²) in [5.41, 5.74) is 2.47. The molecule has 3 heterocycles. The number of para-hydroxylation sites is 1. The largest absolute Gasteiger partial charge is 0.467 e. The van der Waals surface area contributed by atoms with Gasteiger partial charge in [-0.1, -0.05) is 48.5 Å². The third-order valence-electron chi connectivity index (χ3n) is 5.61. The Morgan fingerprint density at radius 2 is 1.57 bits per heavy atom. The average Bonchev–Trinajstić information content (AvgIpc) is 3.49. The van der Waals surface area contributed by atoms with E-state index in [1.807, 2.05) is 22.9 Å². The van der Waals surface area contributed by atoms with Crippen LogP contribution < -0.4 is 4.90 Å². The van der Waals surface area contributed by atoms with Crippen LogP contribution in [0.15, 0.2) is 83.5 Å². The van der Waals surface area contributed by atoms with Gasteiger partial charge in [0.1, 0.15) is 12.3 Å². The predicted molar refractivity (Wildman–Crippen MR) is 114 cm³/mol. The first-order valence-corrected chi connectivity index (χ1v) is 10.3. The molecular formula is C23H24N6O. The Bertz CT molecular complexity index is 1040. The van der Waals surface area contributed by atoms with Gasteiger partial charge in [0.05, 0.1) is 12.3 Å². The Balaban J connectivity index is 1.41. The molecule has 7 nitrogen and oxygen atoms in total. The highest BCUT2D eigenvalue weighted by Gasteiger charge is 2.30. The van der Waals surface area contributed by atoms with E-state index < -0.39 is 0 Å². The van der Waals surface area contributed by atoms with Crippen molar-refractivity contribution < 1.29 is 4.42 Å². The van der Waals surface area contributed by atoms with Gasteiger partial charge in [0.15, 0.2) is 5.82 Å². The Kier molecular flexibility index (Phi) is 5.26. The van der Waals surface area contributed by atoms with E-state index in [4.69, 9.17) is 4.42 Å². The number of hydrogen-bond acceptors (Lipinski definition) is 6. The molecule has 0 radical (unpaired) electrons. The Hall–Kier alpha value is -3.45. The molecule has 0 N–H and O–H groups in total. The topological polar surface area (TPSA) is 63.2 Å². The van der Waals surface area contributed by atoms with Crippen molar-refractivity contribution in [2.45, 2.75) is 12.6 Å². The van der Waals surface area contributed by atoms with Crippen LogP contribution in [0.4, 0.5) is 5.69 Å². The zero-order valence-corrected chi connectivity index (χ0v) is 16.7. The lowest BCUT2D eigenvalue weighted by molar-refractivity contribution is 0.201. The van der Waals surface area contributed by atoms with E-state index in [0.717, 1.165) is 37.8 Å². The number of hydrogen-bond donors (Lipinski definition) is 0. The van der Waals surface area contributed by atoms with Crippen LogP contribution >= 0.6 is 0 Å². The molecule has 2 aromatic carbocycles. The standard InChI is InChI=1S/C23H24N6O/c1-3-8-19(9-4-1)22(23-24-25-26-29(23)18-21-12-7-17-30-21)28-15-13-27(14-16-28)20-10-5-2-6-11-20/h1-12,17,22H,13-16,18H2/t22-/m0/s1. The van der Waals surface area contributed by atoms with Gasteiger partial charge in [0.25, 0.3) is 0 Å². The molecule has 1 aliphatic heterocycles. The summed E-state index contributed by atoms with van der Waals surface area (Å²) >= 11 is 0. The van der Waals surface area contributed by atoms with Crippen LogP contribution in [0.3, 0.4) is 0 Å². The van der Waals surface area contributed by atoms with Crippen molar-refractivity contribution in [3.8, 4) is 0 Å². The first kappa shape index (κ1) is 18.6. The van der Waals surface area contributed by atoms with Crippen molar-refractivity contribution in [2.75, 3.05) is 31.1 Å².